The van der Waals surface area contributed by atoms with Crippen molar-refractivity contribution in [2.75, 3.05) is 27.9 Å². The number of carbonyl (C=O) groups excluding carboxylic acids is 1. The molecule has 0 saturated heterocycles. The Morgan fingerprint density at radius 2 is 1.68 bits per heavy atom. The van der Waals surface area contributed by atoms with Crippen LogP contribution in [0, 0.1) is 6.92 Å². The number of methoxy groups -OCH3 is 3. The second-order valence-corrected chi connectivity index (χ2v) is 7.83. The minimum absolute atomic E-state index is 0.0731. The van der Waals surface area contributed by atoms with E-state index in [1.54, 1.807) is 37.3 Å². The third-order valence-corrected chi connectivity index (χ3v) is 5.44. The van der Waals surface area contributed by atoms with Gasteiger partial charge in [0.1, 0.15) is 23.0 Å². The number of ether oxygens (including phenoxy) is 4. The second kappa shape index (κ2) is 10.4. The number of hydrogen-bond acceptors (Lipinski definition) is 10. The molecule has 4 rings (SSSR count). The number of phenols is 1. The summed E-state index contributed by atoms with van der Waals surface area (Å²) in [4.78, 5) is 31.7. The van der Waals surface area contributed by atoms with Gasteiger partial charge in [0, 0.05) is 17.2 Å². The number of aromatic hydroxyl groups is 2. The van der Waals surface area contributed by atoms with Crippen molar-refractivity contribution in [3.63, 3.8) is 0 Å². The van der Waals surface area contributed by atoms with Gasteiger partial charge in [-0.25, -0.2) is 9.78 Å². The van der Waals surface area contributed by atoms with E-state index in [1.165, 1.54) is 33.5 Å². The Morgan fingerprint density at radius 3 is 2.38 bits per heavy atom. The van der Waals surface area contributed by atoms with Crippen LogP contribution < -0.4 is 19.6 Å². The Morgan fingerprint density at radius 1 is 0.973 bits per heavy atom. The van der Waals surface area contributed by atoms with Gasteiger partial charge in [-0.15, -0.1) is 0 Å². The van der Waals surface area contributed by atoms with Crippen molar-refractivity contribution in [3.05, 3.63) is 58.4 Å². The number of esters is 1. The number of nitrogens with one attached hydrogen (secondary N) is 1. The number of carbonyl (C=O) groups is 1. The molecule has 2 aromatic heterocycles. The zero-order chi connectivity index (χ0) is 26.7. The molecule has 0 amide bonds. The maximum Gasteiger partial charge on any atom is 0.343 e. The highest BCUT2D eigenvalue weighted by Crippen LogP contribution is 2.40. The van der Waals surface area contributed by atoms with E-state index in [0.29, 0.717) is 28.4 Å². The monoisotopic (exact) mass is 508 g/mol. The zero-order valence-electron chi connectivity index (χ0n) is 20.4. The molecule has 37 heavy (non-hydrogen) atoms. The Labute approximate surface area is 210 Å². The largest absolute Gasteiger partial charge is 0.504 e. The highest BCUT2D eigenvalue weighted by atomic mass is 16.6. The Balaban J connectivity index is 1.90. The molecule has 2 heterocycles. The molecule has 0 radical (unpaired) electrons. The molecule has 11 heteroatoms. The topological polar surface area (TPSA) is 153 Å². The van der Waals surface area contributed by atoms with Crippen LogP contribution in [0.3, 0.4) is 0 Å². The summed E-state index contributed by atoms with van der Waals surface area (Å²) in [6, 6.07) is 10.7. The molecule has 0 aliphatic rings. The first-order valence-corrected chi connectivity index (χ1v) is 10.9. The summed E-state index contributed by atoms with van der Waals surface area (Å²) in [6.07, 6.45) is 0. The zero-order valence-corrected chi connectivity index (χ0v) is 20.4. The molecule has 3 N–H and O–H groups in total. The summed E-state index contributed by atoms with van der Waals surface area (Å²) in [6.45, 7) is 1.25. The third kappa shape index (κ3) is 5.06. The maximum absolute atomic E-state index is 12.3. The van der Waals surface area contributed by atoms with Crippen molar-refractivity contribution in [1.29, 1.82) is 0 Å². The fraction of sp³-hybridized carbons (Fsp3) is 0.192. The van der Waals surface area contributed by atoms with E-state index in [9.17, 15) is 19.8 Å². The van der Waals surface area contributed by atoms with E-state index in [2.05, 4.69) is 14.7 Å². The molecular formula is C26H24N2O9. The molecule has 0 aliphatic heterocycles. The SMILES string of the molecule is COC(=O)COc1cc(-c2nc(-c3ccc(O)c(OC)c3)c(-c3oc(C)cc(=O)c3O)[nH]2)ccc1OC. The molecule has 4 aromatic rings. The van der Waals surface area contributed by atoms with E-state index < -0.39 is 17.1 Å². The van der Waals surface area contributed by atoms with E-state index in [0.717, 1.165) is 0 Å². The molecule has 11 nitrogen and oxygen atoms in total. The van der Waals surface area contributed by atoms with Crippen molar-refractivity contribution in [1.82, 2.24) is 9.97 Å². The molecule has 0 atom stereocenters. The van der Waals surface area contributed by atoms with Crippen molar-refractivity contribution in [2.45, 2.75) is 6.92 Å². The highest BCUT2D eigenvalue weighted by Gasteiger charge is 2.23. The average molecular weight is 508 g/mol. The Hall–Kier alpha value is -4.93. The van der Waals surface area contributed by atoms with E-state index >= 15 is 0 Å². The van der Waals surface area contributed by atoms with Gasteiger partial charge < -0.3 is 38.6 Å². The molecular weight excluding hydrogens is 484 g/mol. The number of benzene rings is 2. The number of aromatic amines is 1. The molecule has 0 saturated carbocycles. The smallest absolute Gasteiger partial charge is 0.343 e. The molecule has 0 bridgehead atoms. The predicted molar refractivity (Wildman–Crippen MR) is 132 cm³/mol. The molecule has 0 fully saturated rings. The minimum Gasteiger partial charge on any atom is -0.504 e. The summed E-state index contributed by atoms with van der Waals surface area (Å²) in [5, 5.41) is 20.6. The summed E-state index contributed by atoms with van der Waals surface area (Å²) in [5.41, 5.74) is 0.950. The van der Waals surface area contributed by atoms with E-state index in [1.807, 2.05) is 0 Å². The fourth-order valence-electron chi connectivity index (χ4n) is 3.61. The number of rotatable bonds is 8. The van der Waals surface area contributed by atoms with Gasteiger partial charge in [0.2, 0.25) is 11.2 Å². The first-order valence-electron chi connectivity index (χ1n) is 10.9. The molecule has 0 spiro atoms. The van der Waals surface area contributed by atoms with Crippen molar-refractivity contribution in [3.8, 4) is 62.8 Å². The fourth-order valence-corrected chi connectivity index (χ4v) is 3.61. The summed E-state index contributed by atoms with van der Waals surface area (Å²) < 4.78 is 26.4. The number of H-pyrrole nitrogens is 1. The van der Waals surface area contributed by atoms with Gasteiger partial charge in [0.25, 0.3) is 0 Å². The second-order valence-electron chi connectivity index (χ2n) is 7.83. The van der Waals surface area contributed by atoms with Gasteiger partial charge in [-0.2, -0.15) is 0 Å². The quantitative estimate of drug-likeness (QED) is 0.301. The van der Waals surface area contributed by atoms with Gasteiger partial charge in [0.05, 0.1) is 21.3 Å². The van der Waals surface area contributed by atoms with Gasteiger partial charge in [-0.05, 0) is 43.3 Å². The van der Waals surface area contributed by atoms with Crippen molar-refractivity contribution >= 4 is 5.97 Å². The third-order valence-electron chi connectivity index (χ3n) is 5.44. The van der Waals surface area contributed by atoms with Crippen LogP contribution in [-0.2, 0) is 9.53 Å². The predicted octanol–water partition coefficient (Wildman–Crippen LogP) is 3.65. The lowest BCUT2D eigenvalue weighted by Gasteiger charge is -2.11. The Bertz CT molecular complexity index is 1520. The number of aromatic nitrogens is 2. The highest BCUT2D eigenvalue weighted by molar-refractivity contribution is 5.82. The first kappa shape index (κ1) is 25.2. The molecule has 2 aromatic carbocycles. The molecule has 0 unspecified atom stereocenters. The lowest BCUT2D eigenvalue weighted by Crippen LogP contribution is -2.13. The van der Waals surface area contributed by atoms with Crippen LogP contribution in [0.5, 0.6) is 28.7 Å². The summed E-state index contributed by atoms with van der Waals surface area (Å²) in [5.74, 6) is 0.109. The lowest BCUT2D eigenvalue weighted by molar-refractivity contribution is -0.142. The molecule has 192 valence electrons. The van der Waals surface area contributed by atoms with Crippen LogP contribution in [0.4, 0.5) is 0 Å². The number of nitrogens with zero attached hydrogens (tertiary/aromatic N) is 1. The number of hydrogen-bond donors (Lipinski definition) is 3. The van der Waals surface area contributed by atoms with Crippen LogP contribution in [0.25, 0.3) is 34.1 Å². The van der Waals surface area contributed by atoms with Crippen LogP contribution in [0.15, 0.2) is 51.7 Å². The van der Waals surface area contributed by atoms with Gasteiger partial charge in [-0.3, -0.25) is 4.79 Å². The van der Waals surface area contributed by atoms with Gasteiger partial charge in [0.15, 0.2) is 35.4 Å². The van der Waals surface area contributed by atoms with Crippen LogP contribution in [0.2, 0.25) is 0 Å². The minimum atomic E-state index is -0.618. The normalized spacial score (nSPS) is 10.7. The molecule has 0 aliphatic carbocycles. The number of imidazole rings is 1. The Kier molecular flexibility index (Phi) is 7.05. The lowest BCUT2D eigenvalue weighted by atomic mass is 10.1. The van der Waals surface area contributed by atoms with Crippen molar-refractivity contribution in [2.24, 2.45) is 0 Å². The van der Waals surface area contributed by atoms with E-state index in [-0.39, 0.29) is 41.1 Å². The summed E-state index contributed by atoms with van der Waals surface area (Å²) in [7, 11) is 4.13. The maximum atomic E-state index is 12.3. The first-order chi connectivity index (χ1) is 17.7. The average Bonchev–Trinajstić information content (AvgIpc) is 3.34. The van der Waals surface area contributed by atoms with Crippen molar-refractivity contribution < 1.29 is 38.4 Å². The summed E-state index contributed by atoms with van der Waals surface area (Å²) >= 11 is 0. The standard InChI is InChI=1S/C26H24N2O9/c1-13-9-17(30)24(32)25(37-13)23-22(14-5-7-16(29)19(10-14)34-3)27-26(28-23)15-6-8-18(33-2)20(11-15)36-12-21(31)35-4/h5-11,29,32H,12H2,1-4H3,(H,27,28). The van der Waals surface area contributed by atoms with E-state index in [4.69, 9.17) is 18.6 Å². The van der Waals surface area contributed by atoms with Gasteiger partial charge in [-0.1, -0.05) is 0 Å². The van der Waals surface area contributed by atoms with Gasteiger partial charge >= 0.3 is 5.97 Å². The number of phenolic OH excluding ortho intramolecular Hbond substituents is 1. The number of aryl methyl sites for hydroxylation is 1. The van der Waals surface area contributed by atoms with Crippen LogP contribution in [0.1, 0.15) is 5.76 Å². The van der Waals surface area contributed by atoms with Crippen LogP contribution in [-0.4, -0.2) is 54.1 Å². The van der Waals surface area contributed by atoms with Crippen LogP contribution >= 0.6 is 0 Å².